The molecule has 4 nitrogen and oxygen atoms in total. The second-order valence-corrected chi connectivity index (χ2v) is 6.04. The van der Waals surface area contributed by atoms with E-state index >= 15 is 0 Å². The van der Waals surface area contributed by atoms with Gasteiger partial charge in [-0.3, -0.25) is 9.69 Å². The van der Waals surface area contributed by atoms with Gasteiger partial charge in [0.05, 0.1) is 0 Å². The third kappa shape index (κ3) is 5.38. The molecule has 0 bridgehead atoms. The Bertz CT molecular complexity index is 461. The topological polar surface area (TPSA) is 58.4 Å². The highest BCUT2D eigenvalue weighted by Crippen LogP contribution is 2.19. The fourth-order valence-electron chi connectivity index (χ4n) is 2.98. The predicted molar refractivity (Wildman–Crippen MR) is 86.8 cm³/mol. The summed E-state index contributed by atoms with van der Waals surface area (Å²) in [7, 11) is 0. The van der Waals surface area contributed by atoms with E-state index in [1.807, 2.05) is 25.1 Å². The molecule has 0 aliphatic carbocycles. The number of benzene rings is 1. The Balaban J connectivity index is 1.79. The fourth-order valence-corrected chi connectivity index (χ4v) is 2.98. The quantitative estimate of drug-likeness (QED) is 0.791. The Morgan fingerprint density at radius 3 is 3.10 bits per heavy atom. The molecule has 1 unspecified atom stereocenters. The molecule has 1 aliphatic heterocycles. The summed E-state index contributed by atoms with van der Waals surface area (Å²) in [6.07, 6.45) is 3.97. The van der Waals surface area contributed by atoms with Crippen LogP contribution in [0.4, 0.5) is 5.69 Å². The summed E-state index contributed by atoms with van der Waals surface area (Å²) in [4.78, 5) is 14.0. The number of nitrogen functional groups attached to an aromatic ring is 1. The van der Waals surface area contributed by atoms with Crippen LogP contribution < -0.4 is 11.1 Å². The number of likely N-dealkylation sites (tertiary alicyclic amines) is 1. The number of anilines is 1. The number of carbonyl (C=O) groups is 1. The monoisotopic (exact) mass is 289 g/mol. The molecule has 1 aliphatic rings. The Kier molecular flexibility index (Phi) is 6.05. The van der Waals surface area contributed by atoms with Crippen LogP contribution in [0.2, 0.25) is 0 Å². The number of nitrogens with one attached hydrogen (secondary N) is 1. The van der Waals surface area contributed by atoms with Crippen molar-refractivity contribution in [2.45, 2.75) is 39.2 Å². The molecule has 1 fully saturated rings. The second-order valence-electron chi connectivity index (χ2n) is 6.04. The molecule has 1 saturated heterocycles. The number of hydrogen-bond donors (Lipinski definition) is 2. The minimum atomic E-state index is 0.186. The lowest BCUT2D eigenvalue weighted by molar-refractivity contribution is -0.121. The number of rotatable bonds is 6. The molecule has 0 radical (unpaired) electrons. The summed E-state index contributed by atoms with van der Waals surface area (Å²) in [6.45, 7) is 5.99. The van der Waals surface area contributed by atoms with Gasteiger partial charge in [0, 0.05) is 31.7 Å². The lowest BCUT2D eigenvalue weighted by atomic mass is 9.97. The van der Waals surface area contributed by atoms with Crippen molar-refractivity contribution in [3.8, 4) is 0 Å². The predicted octanol–water partition coefficient (Wildman–Crippen LogP) is 2.40. The van der Waals surface area contributed by atoms with Gasteiger partial charge in [0.15, 0.2) is 0 Å². The molecule has 2 rings (SSSR count). The van der Waals surface area contributed by atoms with Crippen LogP contribution in [0, 0.1) is 5.92 Å². The van der Waals surface area contributed by atoms with Crippen molar-refractivity contribution in [3.63, 3.8) is 0 Å². The molecule has 0 aromatic heterocycles. The zero-order valence-electron chi connectivity index (χ0n) is 13.0. The first kappa shape index (κ1) is 15.8. The summed E-state index contributed by atoms with van der Waals surface area (Å²) in [5, 5.41) is 3.06. The van der Waals surface area contributed by atoms with Gasteiger partial charge in [-0.25, -0.2) is 0 Å². The van der Waals surface area contributed by atoms with E-state index in [0.717, 1.165) is 38.3 Å². The van der Waals surface area contributed by atoms with E-state index < -0.39 is 0 Å². The summed E-state index contributed by atoms with van der Waals surface area (Å²) in [5.74, 6) is 0.756. The average Bonchev–Trinajstić information content (AvgIpc) is 2.46. The normalized spacial score (nSPS) is 19.4. The standard InChI is InChI=1S/C17H27N3O/c1-2-5-17(21)19-11-15-7-4-9-20(13-15)12-14-6-3-8-16(18)10-14/h3,6,8,10,15H,2,4-5,7,9,11-13,18H2,1H3,(H,19,21). The number of amides is 1. The van der Waals surface area contributed by atoms with Gasteiger partial charge in [-0.15, -0.1) is 0 Å². The van der Waals surface area contributed by atoms with E-state index in [4.69, 9.17) is 5.73 Å². The molecule has 21 heavy (non-hydrogen) atoms. The maximum absolute atomic E-state index is 11.6. The lowest BCUT2D eigenvalue weighted by Crippen LogP contribution is -2.40. The van der Waals surface area contributed by atoms with Crippen molar-refractivity contribution in [1.29, 1.82) is 0 Å². The first-order chi connectivity index (χ1) is 10.2. The van der Waals surface area contributed by atoms with Crippen LogP contribution in [0.3, 0.4) is 0 Å². The highest BCUT2D eigenvalue weighted by molar-refractivity contribution is 5.75. The SMILES string of the molecule is CCCC(=O)NCC1CCCN(Cc2cccc(N)c2)C1. The molecular formula is C17H27N3O. The first-order valence-corrected chi connectivity index (χ1v) is 8.01. The molecule has 1 amide bonds. The average molecular weight is 289 g/mol. The molecule has 116 valence electrons. The Labute approximate surface area is 127 Å². The minimum Gasteiger partial charge on any atom is -0.399 e. The molecule has 3 N–H and O–H groups in total. The van der Waals surface area contributed by atoms with Gasteiger partial charge in [0.25, 0.3) is 0 Å². The van der Waals surface area contributed by atoms with Crippen LogP contribution in [-0.2, 0) is 11.3 Å². The van der Waals surface area contributed by atoms with Crippen molar-refractivity contribution in [3.05, 3.63) is 29.8 Å². The smallest absolute Gasteiger partial charge is 0.219 e. The summed E-state index contributed by atoms with van der Waals surface area (Å²) in [6, 6.07) is 8.11. The van der Waals surface area contributed by atoms with Gasteiger partial charge >= 0.3 is 0 Å². The maximum atomic E-state index is 11.6. The summed E-state index contributed by atoms with van der Waals surface area (Å²) < 4.78 is 0. The second kappa shape index (κ2) is 8.03. The molecule has 0 saturated carbocycles. The Morgan fingerprint density at radius 1 is 1.48 bits per heavy atom. The fraction of sp³-hybridized carbons (Fsp3) is 0.588. The van der Waals surface area contributed by atoms with E-state index in [1.54, 1.807) is 0 Å². The van der Waals surface area contributed by atoms with Crippen molar-refractivity contribution < 1.29 is 4.79 Å². The van der Waals surface area contributed by atoms with E-state index in [1.165, 1.54) is 18.4 Å². The van der Waals surface area contributed by atoms with Gasteiger partial charge in [-0.2, -0.15) is 0 Å². The molecule has 1 aromatic rings. The highest BCUT2D eigenvalue weighted by atomic mass is 16.1. The van der Waals surface area contributed by atoms with Gasteiger partial charge in [-0.1, -0.05) is 19.1 Å². The van der Waals surface area contributed by atoms with E-state index in [0.29, 0.717) is 12.3 Å². The van der Waals surface area contributed by atoms with E-state index in [9.17, 15) is 4.79 Å². The number of nitrogens with two attached hydrogens (primary N) is 1. The molecule has 4 heteroatoms. The summed E-state index contributed by atoms with van der Waals surface area (Å²) >= 11 is 0. The number of piperidine rings is 1. The van der Waals surface area contributed by atoms with Crippen molar-refractivity contribution in [1.82, 2.24) is 10.2 Å². The first-order valence-electron chi connectivity index (χ1n) is 8.01. The lowest BCUT2D eigenvalue weighted by Gasteiger charge is -2.32. The molecule has 0 spiro atoms. The van der Waals surface area contributed by atoms with Crippen molar-refractivity contribution in [2.75, 3.05) is 25.4 Å². The van der Waals surface area contributed by atoms with Crippen molar-refractivity contribution in [2.24, 2.45) is 5.92 Å². The zero-order chi connectivity index (χ0) is 15.1. The molecule has 1 heterocycles. The van der Waals surface area contributed by atoms with Crippen molar-refractivity contribution >= 4 is 11.6 Å². The van der Waals surface area contributed by atoms with Crippen LogP contribution in [0.1, 0.15) is 38.2 Å². The van der Waals surface area contributed by atoms with Crippen LogP contribution in [0.15, 0.2) is 24.3 Å². The van der Waals surface area contributed by atoms with Gasteiger partial charge in [-0.05, 0) is 49.4 Å². The van der Waals surface area contributed by atoms with Crippen LogP contribution >= 0.6 is 0 Å². The Morgan fingerprint density at radius 2 is 2.33 bits per heavy atom. The summed E-state index contributed by atoms with van der Waals surface area (Å²) in [5.41, 5.74) is 7.93. The molecular weight excluding hydrogens is 262 g/mol. The van der Waals surface area contributed by atoms with Crippen LogP contribution in [0.5, 0.6) is 0 Å². The van der Waals surface area contributed by atoms with Crippen LogP contribution in [-0.4, -0.2) is 30.4 Å². The van der Waals surface area contributed by atoms with E-state index in [2.05, 4.69) is 16.3 Å². The van der Waals surface area contributed by atoms with Gasteiger partial charge < -0.3 is 11.1 Å². The maximum Gasteiger partial charge on any atom is 0.219 e. The van der Waals surface area contributed by atoms with Gasteiger partial charge in [0.1, 0.15) is 0 Å². The van der Waals surface area contributed by atoms with E-state index in [-0.39, 0.29) is 5.91 Å². The zero-order valence-corrected chi connectivity index (χ0v) is 13.0. The number of hydrogen-bond acceptors (Lipinski definition) is 3. The Hall–Kier alpha value is -1.55. The van der Waals surface area contributed by atoms with Gasteiger partial charge in [0.2, 0.25) is 5.91 Å². The minimum absolute atomic E-state index is 0.186. The largest absolute Gasteiger partial charge is 0.399 e. The number of nitrogens with zero attached hydrogens (tertiary/aromatic N) is 1. The molecule has 1 atom stereocenters. The molecule has 1 aromatic carbocycles. The van der Waals surface area contributed by atoms with Crippen LogP contribution in [0.25, 0.3) is 0 Å². The third-order valence-electron chi connectivity index (χ3n) is 4.03. The number of carbonyl (C=O) groups excluding carboxylic acids is 1. The highest BCUT2D eigenvalue weighted by Gasteiger charge is 2.20. The third-order valence-corrected chi connectivity index (χ3v) is 4.03.